The van der Waals surface area contributed by atoms with E-state index >= 15 is 0 Å². The summed E-state index contributed by atoms with van der Waals surface area (Å²) in [6.45, 7) is 2.05. The first-order valence-corrected chi connectivity index (χ1v) is 6.30. The Morgan fingerprint density at radius 2 is 2.06 bits per heavy atom. The summed E-state index contributed by atoms with van der Waals surface area (Å²) in [6, 6.07) is 11.5. The summed E-state index contributed by atoms with van der Waals surface area (Å²) >= 11 is 1.54. The van der Waals surface area contributed by atoms with Crippen molar-refractivity contribution in [1.29, 1.82) is 0 Å². The molecule has 1 heterocycles. The van der Waals surface area contributed by atoms with Crippen LogP contribution in [0.15, 0.2) is 52.5 Å². The van der Waals surface area contributed by atoms with E-state index in [0.717, 1.165) is 9.92 Å². The van der Waals surface area contributed by atoms with Gasteiger partial charge in [-0.2, -0.15) is 0 Å². The van der Waals surface area contributed by atoms with Gasteiger partial charge in [0, 0.05) is 11.1 Å². The fraction of sp³-hybridized carbons (Fsp3) is 0.143. The van der Waals surface area contributed by atoms with Gasteiger partial charge < -0.3 is 4.74 Å². The lowest BCUT2D eigenvalue weighted by molar-refractivity contribution is 0.0600. The molecule has 2 rings (SSSR count). The van der Waals surface area contributed by atoms with Gasteiger partial charge in [-0.1, -0.05) is 30.0 Å². The largest absolute Gasteiger partial charge is 0.465 e. The van der Waals surface area contributed by atoms with E-state index in [1.165, 1.54) is 24.4 Å². The van der Waals surface area contributed by atoms with Crippen molar-refractivity contribution in [2.75, 3.05) is 7.11 Å². The van der Waals surface area contributed by atoms with Crippen LogP contribution in [0.3, 0.4) is 0 Å². The number of benzene rings is 1. The van der Waals surface area contributed by atoms with E-state index in [-0.39, 0.29) is 5.97 Å². The van der Waals surface area contributed by atoms with Gasteiger partial charge >= 0.3 is 5.97 Å². The molecular formula is C14H13NO2S. The molecule has 1 aromatic carbocycles. The lowest BCUT2D eigenvalue weighted by atomic mass is 10.2. The van der Waals surface area contributed by atoms with Crippen molar-refractivity contribution in [2.45, 2.75) is 16.8 Å². The number of hydrogen-bond donors (Lipinski definition) is 0. The summed E-state index contributed by atoms with van der Waals surface area (Å²) in [7, 11) is 1.37. The molecule has 0 aliphatic rings. The number of aromatic nitrogens is 1. The molecule has 4 heteroatoms. The maximum Gasteiger partial charge on any atom is 0.337 e. The van der Waals surface area contributed by atoms with Gasteiger partial charge in [-0.05, 0) is 30.7 Å². The van der Waals surface area contributed by atoms with Crippen LogP contribution >= 0.6 is 11.8 Å². The van der Waals surface area contributed by atoms with E-state index < -0.39 is 0 Å². The highest BCUT2D eigenvalue weighted by Crippen LogP contribution is 2.28. The monoisotopic (exact) mass is 259 g/mol. The Balaban J connectivity index is 2.25. The van der Waals surface area contributed by atoms with Crippen LogP contribution in [0.25, 0.3) is 0 Å². The lowest BCUT2D eigenvalue weighted by Crippen LogP contribution is -2.01. The van der Waals surface area contributed by atoms with Gasteiger partial charge in [-0.15, -0.1) is 0 Å². The molecule has 0 N–H and O–H groups in total. The van der Waals surface area contributed by atoms with Gasteiger partial charge in [0.1, 0.15) is 5.03 Å². The molecule has 0 fully saturated rings. The maximum atomic E-state index is 11.4. The van der Waals surface area contributed by atoms with Crippen LogP contribution in [-0.2, 0) is 4.74 Å². The van der Waals surface area contributed by atoms with Gasteiger partial charge in [0.25, 0.3) is 0 Å². The van der Waals surface area contributed by atoms with Crippen LogP contribution < -0.4 is 0 Å². The third-order valence-corrected chi connectivity index (χ3v) is 3.57. The Morgan fingerprint density at radius 3 is 2.78 bits per heavy atom. The standard InChI is InChI=1S/C14H13NO2S/c1-10-5-3-4-6-12(10)18-13-9-11(7-8-15-13)14(16)17-2/h3-9H,1-2H3. The minimum Gasteiger partial charge on any atom is -0.465 e. The topological polar surface area (TPSA) is 39.2 Å². The molecule has 0 radical (unpaired) electrons. The molecule has 2 aromatic rings. The average Bonchev–Trinajstić information content (AvgIpc) is 2.41. The Kier molecular flexibility index (Phi) is 3.99. The molecule has 0 atom stereocenters. The average molecular weight is 259 g/mol. The van der Waals surface area contributed by atoms with E-state index in [9.17, 15) is 4.79 Å². The number of nitrogens with zero attached hydrogens (tertiary/aromatic N) is 1. The highest BCUT2D eigenvalue weighted by Gasteiger charge is 2.08. The smallest absolute Gasteiger partial charge is 0.337 e. The van der Waals surface area contributed by atoms with Crippen molar-refractivity contribution in [3.05, 3.63) is 53.7 Å². The number of carbonyl (C=O) groups excluding carboxylic acids is 1. The number of ether oxygens (including phenoxy) is 1. The van der Waals surface area contributed by atoms with Gasteiger partial charge in [0.05, 0.1) is 12.7 Å². The first kappa shape index (κ1) is 12.6. The van der Waals surface area contributed by atoms with E-state index in [1.807, 2.05) is 31.2 Å². The molecule has 0 saturated heterocycles. The lowest BCUT2D eigenvalue weighted by Gasteiger charge is -2.05. The summed E-state index contributed by atoms with van der Waals surface area (Å²) in [6.07, 6.45) is 1.62. The third kappa shape index (κ3) is 2.90. The van der Waals surface area contributed by atoms with Gasteiger partial charge in [0.2, 0.25) is 0 Å². The fourth-order valence-electron chi connectivity index (χ4n) is 1.49. The molecule has 0 saturated carbocycles. The van der Waals surface area contributed by atoms with Crippen LogP contribution in [0.2, 0.25) is 0 Å². The number of carbonyl (C=O) groups is 1. The molecule has 18 heavy (non-hydrogen) atoms. The predicted octanol–water partition coefficient (Wildman–Crippen LogP) is 3.33. The maximum absolute atomic E-state index is 11.4. The zero-order chi connectivity index (χ0) is 13.0. The van der Waals surface area contributed by atoms with E-state index in [0.29, 0.717) is 5.56 Å². The quantitative estimate of drug-likeness (QED) is 0.793. The van der Waals surface area contributed by atoms with Crippen LogP contribution in [0.4, 0.5) is 0 Å². The third-order valence-electron chi connectivity index (χ3n) is 2.46. The molecule has 0 aliphatic heterocycles. The molecular weight excluding hydrogens is 246 g/mol. The minimum atomic E-state index is -0.343. The van der Waals surface area contributed by atoms with Gasteiger partial charge in [-0.3, -0.25) is 0 Å². The molecule has 0 bridgehead atoms. The zero-order valence-electron chi connectivity index (χ0n) is 10.2. The Labute approximate surface area is 110 Å². The van der Waals surface area contributed by atoms with E-state index in [2.05, 4.69) is 9.72 Å². The predicted molar refractivity (Wildman–Crippen MR) is 70.9 cm³/mol. The van der Waals surface area contributed by atoms with Crippen molar-refractivity contribution >= 4 is 17.7 Å². The van der Waals surface area contributed by atoms with Crippen molar-refractivity contribution in [3.8, 4) is 0 Å². The normalized spacial score (nSPS) is 10.1. The van der Waals surface area contributed by atoms with Crippen LogP contribution in [0.1, 0.15) is 15.9 Å². The van der Waals surface area contributed by atoms with Gasteiger partial charge in [0.15, 0.2) is 0 Å². The molecule has 0 unspecified atom stereocenters. The number of aryl methyl sites for hydroxylation is 1. The van der Waals surface area contributed by atoms with Gasteiger partial charge in [-0.25, -0.2) is 9.78 Å². The summed E-state index contributed by atoms with van der Waals surface area (Å²) < 4.78 is 4.69. The summed E-state index contributed by atoms with van der Waals surface area (Å²) in [5.41, 5.74) is 1.70. The van der Waals surface area contributed by atoms with Crippen molar-refractivity contribution in [1.82, 2.24) is 4.98 Å². The highest BCUT2D eigenvalue weighted by molar-refractivity contribution is 7.99. The SMILES string of the molecule is COC(=O)c1ccnc(Sc2ccccc2C)c1. The van der Waals surface area contributed by atoms with Crippen LogP contribution in [-0.4, -0.2) is 18.1 Å². The number of hydrogen-bond acceptors (Lipinski definition) is 4. The summed E-state index contributed by atoms with van der Waals surface area (Å²) in [4.78, 5) is 16.8. The van der Waals surface area contributed by atoms with E-state index in [1.54, 1.807) is 18.3 Å². The first-order chi connectivity index (χ1) is 8.70. The minimum absolute atomic E-state index is 0.343. The van der Waals surface area contributed by atoms with Crippen molar-refractivity contribution in [3.63, 3.8) is 0 Å². The second-order valence-corrected chi connectivity index (χ2v) is 4.80. The Bertz CT molecular complexity index is 569. The Morgan fingerprint density at radius 1 is 1.28 bits per heavy atom. The summed E-state index contributed by atoms with van der Waals surface area (Å²) in [5.74, 6) is -0.343. The van der Waals surface area contributed by atoms with Crippen molar-refractivity contribution in [2.24, 2.45) is 0 Å². The molecule has 0 amide bonds. The highest BCUT2D eigenvalue weighted by atomic mass is 32.2. The molecule has 0 aliphatic carbocycles. The molecule has 92 valence electrons. The number of methoxy groups -OCH3 is 1. The number of rotatable bonds is 3. The first-order valence-electron chi connectivity index (χ1n) is 5.48. The number of pyridine rings is 1. The fourth-order valence-corrected chi connectivity index (χ4v) is 2.39. The molecule has 0 spiro atoms. The second-order valence-electron chi connectivity index (χ2n) is 3.74. The van der Waals surface area contributed by atoms with Crippen LogP contribution in [0, 0.1) is 6.92 Å². The second kappa shape index (κ2) is 5.69. The molecule has 1 aromatic heterocycles. The van der Waals surface area contributed by atoms with Crippen molar-refractivity contribution < 1.29 is 9.53 Å². The zero-order valence-corrected chi connectivity index (χ0v) is 11.0. The number of esters is 1. The Hall–Kier alpha value is -1.81. The van der Waals surface area contributed by atoms with E-state index in [4.69, 9.17) is 0 Å². The summed E-state index contributed by atoms with van der Waals surface area (Å²) in [5, 5.41) is 0.784. The van der Waals surface area contributed by atoms with Crippen LogP contribution in [0.5, 0.6) is 0 Å². The molecule has 3 nitrogen and oxygen atoms in total.